The molecule has 152 valence electrons. The fraction of sp³-hybridized carbons (Fsp3) is 0.429. The molecule has 2 heterocycles. The maximum Gasteiger partial charge on any atom is 0.216 e. The molecule has 0 saturated carbocycles. The van der Waals surface area contributed by atoms with Crippen molar-refractivity contribution in [2.75, 3.05) is 6.54 Å². The van der Waals surface area contributed by atoms with E-state index in [9.17, 15) is 0 Å². The first-order valence-corrected chi connectivity index (χ1v) is 9.35. The van der Waals surface area contributed by atoms with Crippen LogP contribution in [0.5, 0.6) is 0 Å². The average molecular weight is 496 g/mol. The van der Waals surface area contributed by atoms with Crippen molar-refractivity contribution in [3.8, 4) is 0 Å². The van der Waals surface area contributed by atoms with Gasteiger partial charge in [0.2, 0.25) is 5.89 Å². The molecule has 0 radical (unpaired) electrons. The molecule has 1 atom stereocenters. The summed E-state index contributed by atoms with van der Waals surface area (Å²) >= 11 is 0. The molecule has 2 N–H and O–H groups in total. The van der Waals surface area contributed by atoms with E-state index in [1.54, 1.807) is 6.20 Å². The van der Waals surface area contributed by atoms with Crippen LogP contribution in [-0.4, -0.2) is 17.5 Å². The highest BCUT2D eigenvalue weighted by molar-refractivity contribution is 14.0. The molecular weight excluding hydrogens is 467 g/mol. The van der Waals surface area contributed by atoms with Crippen LogP contribution < -0.4 is 10.6 Å². The number of hydrogen-bond donors (Lipinski definition) is 2. The zero-order valence-electron chi connectivity index (χ0n) is 17.1. The number of furan rings is 1. The second-order valence-corrected chi connectivity index (χ2v) is 7.62. The third kappa shape index (κ3) is 5.50. The van der Waals surface area contributed by atoms with Gasteiger partial charge in [0, 0.05) is 17.3 Å². The molecule has 0 amide bonds. The smallest absolute Gasteiger partial charge is 0.216 e. The molecule has 2 aromatic heterocycles. The maximum absolute atomic E-state index is 5.94. The molecule has 3 rings (SSSR count). The topological polar surface area (TPSA) is 75.6 Å². The molecule has 6 nitrogen and oxygen atoms in total. The van der Waals surface area contributed by atoms with Crippen molar-refractivity contribution in [1.82, 2.24) is 15.6 Å². The van der Waals surface area contributed by atoms with Gasteiger partial charge in [0.05, 0.1) is 12.2 Å². The van der Waals surface area contributed by atoms with E-state index in [4.69, 9.17) is 8.83 Å². The Labute approximate surface area is 183 Å². The SMILES string of the molecule is CCNC(=NCc1ncc(C(C)(C)C)o1)NC(C)c1cc2ccccc2o1.I. The first-order valence-electron chi connectivity index (χ1n) is 9.35. The van der Waals surface area contributed by atoms with Crippen LogP contribution >= 0.6 is 24.0 Å². The lowest BCUT2D eigenvalue weighted by Gasteiger charge is -2.16. The van der Waals surface area contributed by atoms with Crippen LogP contribution in [0.15, 0.2) is 50.4 Å². The van der Waals surface area contributed by atoms with Gasteiger partial charge in [0.15, 0.2) is 5.96 Å². The Bertz CT molecular complexity index is 891. The van der Waals surface area contributed by atoms with E-state index in [1.165, 1.54) is 0 Å². The number of aliphatic imine (C=N–C) groups is 1. The highest BCUT2D eigenvalue weighted by atomic mass is 127. The molecule has 3 aromatic rings. The van der Waals surface area contributed by atoms with Gasteiger partial charge < -0.3 is 19.5 Å². The maximum atomic E-state index is 5.94. The van der Waals surface area contributed by atoms with Crippen molar-refractivity contribution in [2.45, 2.75) is 52.6 Å². The Hall–Kier alpha value is -2.03. The number of aromatic nitrogens is 1. The van der Waals surface area contributed by atoms with E-state index in [1.807, 2.05) is 38.1 Å². The number of guanidine groups is 1. The quantitative estimate of drug-likeness (QED) is 0.290. The van der Waals surface area contributed by atoms with Gasteiger partial charge in [-0.1, -0.05) is 39.0 Å². The lowest BCUT2D eigenvalue weighted by atomic mass is 9.94. The van der Waals surface area contributed by atoms with E-state index >= 15 is 0 Å². The molecule has 0 fully saturated rings. The summed E-state index contributed by atoms with van der Waals surface area (Å²) < 4.78 is 11.8. The van der Waals surface area contributed by atoms with Gasteiger partial charge in [-0.3, -0.25) is 0 Å². The molecule has 0 aliphatic heterocycles. The predicted octanol–water partition coefficient (Wildman–Crippen LogP) is 5.15. The number of hydrogen-bond acceptors (Lipinski definition) is 4. The highest BCUT2D eigenvalue weighted by Crippen LogP contribution is 2.24. The number of halogens is 1. The molecule has 28 heavy (non-hydrogen) atoms. The van der Waals surface area contributed by atoms with Gasteiger partial charge >= 0.3 is 0 Å². The van der Waals surface area contributed by atoms with E-state index < -0.39 is 0 Å². The molecule has 0 spiro atoms. The molecule has 1 aromatic carbocycles. The zero-order chi connectivity index (χ0) is 19.4. The molecule has 0 saturated heterocycles. The first-order chi connectivity index (χ1) is 12.9. The number of para-hydroxylation sites is 1. The summed E-state index contributed by atoms with van der Waals surface area (Å²) in [7, 11) is 0. The summed E-state index contributed by atoms with van der Waals surface area (Å²) in [6.07, 6.45) is 1.78. The van der Waals surface area contributed by atoms with E-state index in [0.717, 1.165) is 29.0 Å². The van der Waals surface area contributed by atoms with Gasteiger partial charge in [-0.05, 0) is 26.0 Å². The van der Waals surface area contributed by atoms with E-state index in [0.29, 0.717) is 18.4 Å². The monoisotopic (exact) mass is 496 g/mol. The minimum Gasteiger partial charge on any atom is -0.459 e. The molecule has 0 aliphatic rings. The number of fused-ring (bicyclic) bond motifs is 1. The number of oxazole rings is 1. The normalized spacial score (nSPS) is 13.2. The summed E-state index contributed by atoms with van der Waals surface area (Å²) in [5.74, 6) is 3.03. The first kappa shape index (κ1) is 22.3. The van der Waals surface area contributed by atoms with Crippen molar-refractivity contribution < 1.29 is 8.83 Å². The van der Waals surface area contributed by atoms with Crippen LogP contribution in [0, 0.1) is 0 Å². The minimum atomic E-state index is -0.0620. The Morgan fingerprint density at radius 2 is 1.96 bits per heavy atom. The number of nitrogens with zero attached hydrogens (tertiary/aromatic N) is 2. The number of nitrogens with one attached hydrogen (secondary N) is 2. The van der Waals surface area contributed by atoms with Crippen LogP contribution in [0.4, 0.5) is 0 Å². The number of benzene rings is 1. The standard InChI is InChI=1S/C21H28N4O2.HI/c1-6-22-20(24-13-19-23-12-18(27-19)21(3,4)5)25-14(2)17-11-15-9-7-8-10-16(15)26-17;/h7-12,14H,6,13H2,1-5H3,(H2,22,24,25);1H. The van der Waals surface area contributed by atoms with Crippen LogP contribution in [0.1, 0.15) is 58.1 Å². The largest absolute Gasteiger partial charge is 0.459 e. The van der Waals surface area contributed by atoms with Crippen LogP contribution in [-0.2, 0) is 12.0 Å². The van der Waals surface area contributed by atoms with Crippen LogP contribution in [0.2, 0.25) is 0 Å². The predicted molar refractivity (Wildman–Crippen MR) is 123 cm³/mol. The van der Waals surface area contributed by atoms with Crippen molar-refractivity contribution >= 4 is 40.9 Å². The lowest BCUT2D eigenvalue weighted by Crippen LogP contribution is -2.38. The van der Waals surface area contributed by atoms with E-state index in [2.05, 4.69) is 47.4 Å². The van der Waals surface area contributed by atoms with Gasteiger partial charge in [-0.25, -0.2) is 9.98 Å². The van der Waals surface area contributed by atoms with Crippen molar-refractivity contribution in [3.63, 3.8) is 0 Å². The highest BCUT2D eigenvalue weighted by Gasteiger charge is 2.19. The Balaban J connectivity index is 0.00000280. The summed E-state index contributed by atoms with van der Waals surface area (Å²) in [6.45, 7) is 11.5. The van der Waals surface area contributed by atoms with E-state index in [-0.39, 0.29) is 35.4 Å². The van der Waals surface area contributed by atoms with Crippen molar-refractivity contribution in [1.29, 1.82) is 0 Å². The molecular formula is C21H29IN4O2. The third-order valence-electron chi connectivity index (χ3n) is 4.23. The second-order valence-electron chi connectivity index (χ2n) is 7.62. The van der Waals surface area contributed by atoms with Crippen LogP contribution in [0.25, 0.3) is 11.0 Å². The van der Waals surface area contributed by atoms with Gasteiger partial charge in [-0.15, -0.1) is 24.0 Å². The zero-order valence-corrected chi connectivity index (χ0v) is 19.4. The Morgan fingerprint density at radius 1 is 1.21 bits per heavy atom. The molecule has 1 unspecified atom stereocenters. The summed E-state index contributed by atoms with van der Waals surface area (Å²) in [5, 5.41) is 7.73. The summed E-state index contributed by atoms with van der Waals surface area (Å²) in [5.41, 5.74) is 0.825. The third-order valence-corrected chi connectivity index (χ3v) is 4.23. The summed E-state index contributed by atoms with van der Waals surface area (Å²) in [4.78, 5) is 8.93. The van der Waals surface area contributed by atoms with Gasteiger partial charge in [-0.2, -0.15) is 0 Å². The molecule has 0 aliphatic carbocycles. The minimum absolute atomic E-state index is 0. The van der Waals surface area contributed by atoms with Gasteiger partial charge in [0.25, 0.3) is 0 Å². The molecule has 7 heteroatoms. The second kappa shape index (κ2) is 9.45. The average Bonchev–Trinajstić information content (AvgIpc) is 3.26. The number of rotatable bonds is 5. The molecule has 0 bridgehead atoms. The van der Waals surface area contributed by atoms with Gasteiger partial charge in [0.1, 0.15) is 23.6 Å². The Morgan fingerprint density at radius 3 is 2.61 bits per heavy atom. The Kier molecular flexibility index (Phi) is 7.51. The fourth-order valence-corrected chi connectivity index (χ4v) is 2.69. The fourth-order valence-electron chi connectivity index (χ4n) is 2.69. The summed E-state index contributed by atoms with van der Waals surface area (Å²) in [6, 6.07) is 10.0. The lowest BCUT2D eigenvalue weighted by molar-refractivity contribution is 0.383. The van der Waals surface area contributed by atoms with Crippen LogP contribution in [0.3, 0.4) is 0 Å². The van der Waals surface area contributed by atoms with Crippen molar-refractivity contribution in [3.05, 3.63) is 53.9 Å². The van der Waals surface area contributed by atoms with Crippen molar-refractivity contribution in [2.24, 2.45) is 4.99 Å².